The summed E-state index contributed by atoms with van der Waals surface area (Å²) in [6, 6.07) is 14.4. The van der Waals surface area contributed by atoms with Crippen LogP contribution in [0.25, 0.3) is 0 Å². The number of carbonyl (C=O) groups excluding carboxylic acids is 3. The lowest BCUT2D eigenvalue weighted by Gasteiger charge is -2.21. The number of hydrogen-bond donors (Lipinski definition) is 5. The molecule has 2 aromatic rings. The summed E-state index contributed by atoms with van der Waals surface area (Å²) in [4.78, 5) is 58.5. The summed E-state index contributed by atoms with van der Waals surface area (Å²) in [6.45, 7) is 0.393. The Balaban J connectivity index is 1.90. The van der Waals surface area contributed by atoms with Gasteiger partial charge in [-0.2, -0.15) is 0 Å². The molecule has 198 valence electrons. The topological polar surface area (TPSA) is 185 Å². The molecule has 0 aliphatic rings. The zero-order chi connectivity index (χ0) is 27.2. The molecule has 1 unspecified atom stereocenters. The fourth-order valence-corrected chi connectivity index (χ4v) is 3.37. The smallest absolute Gasteiger partial charge is 0.303 e. The SMILES string of the molecule is NC(=O)[C@H](CCC(=O)O)NC(=O)C(CCC(=O)O)NC(=O)CCc1ccc(COc2ccccc2)cc1. The van der Waals surface area contributed by atoms with Gasteiger partial charge >= 0.3 is 11.9 Å². The van der Waals surface area contributed by atoms with Gasteiger partial charge in [0.1, 0.15) is 24.4 Å². The zero-order valence-electron chi connectivity index (χ0n) is 20.2. The molecule has 0 spiro atoms. The molecular weight excluding hydrogens is 482 g/mol. The third-order valence-corrected chi connectivity index (χ3v) is 5.42. The number of hydrogen-bond acceptors (Lipinski definition) is 6. The van der Waals surface area contributed by atoms with E-state index in [2.05, 4.69) is 10.6 Å². The summed E-state index contributed by atoms with van der Waals surface area (Å²) < 4.78 is 5.70. The van der Waals surface area contributed by atoms with E-state index in [9.17, 15) is 24.0 Å². The van der Waals surface area contributed by atoms with Crippen LogP contribution in [0.15, 0.2) is 54.6 Å². The summed E-state index contributed by atoms with van der Waals surface area (Å²) in [5.41, 5.74) is 7.07. The maximum atomic E-state index is 12.6. The van der Waals surface area contributed by atoms with Crippen LogP contribution in [-0.2, 0) is 37.0 Å². The molecule has 0 aromatic heterocycles. The lowest BCUT2D eigenvalue weighted by atomic mass is 10.1. The highest BCUT2D eigenvalue weighted by Crippen LogP contribution is 2.13. The van der Waals surface area contributed by atoms with Gasteiger partial charge in [-0.15, -0.1) is 0 Å². The van der Waals surface area contributed by atoms with E-state index in [-0.39, 0.29) is 19.3 Å². The van der Waals surface area contributed by atoms with Crippen molar-refractivity contribution in [3.8, 4) is 5.75 Å². The Labute approximate surface area is 214 Å². The van der Waals surface area contributed by atoms with E-state index in [1.165, 1.54) is 0 Å². The predicted octanol–water partition coefficient (Wildman–Crippen LogP) is 1.38. The predicted molar refractivity (Wildman–Crippen MR) is 132 cm³/mol. The van der Waals surface area contributed by atoms with Gasteiger partial charge in [0.05, 0.1) is 0 Å². The minimum absolute atomic E-state index is 0.0367. The van der Waals surface area contributed by atoms with Crippen LogP contribution < -0.4 is 21.1 Å². The molecule has 0 bridgehead atoms. The molecule has 0 aliphatic carbocycles. The van der Waals surface area contributed by atoms with Gasteiger partial charge in [-0.3, -0.25) is 24.0 Å². The molecule has 2 atom stereocenters. The lowest BCUT2D eigenvalue weighted by molar-refractivity contribution is -0.139. The Morgan fingerprint density at radius 3 is 1.89 bits per heavy atom. The maximum Gasteiger partial charge on any atom is 0.303 e. The summed E-state index contributed by atoms with van der Waals surface area (Å²) in [6.07, 6.45) is -0.843. The third-order valence-electron chi connectivity index (χ3n) is 5.42. The first-order valence-corrected chi connectivity index (χ1v) is 11.7. The fraction of sp³-hybridized carbons (Fsp3) is 0.346. The van der Waals surface area contributed by atoms with Gasteiger partial charge in [0.15, 0.2) is 0 Å². The van der Waals surface area contributed by atoms with Crippen LogP contribution in [0.4, 0.5) is 0 Å². The second kappa shape index (κ2) is 14.9. The first-order chi connectivity index (χ1) is 17.6. The highest BCUT2D eigenvalue weighted by Gasteiger charge is 2.26. The van der Waals surface area contributed by atoms with Crippen molar-refractivity contribution in [2.45, 2.75) is 57.2 Å². The van der Waals surface area contributed by atoms with Crippen molar-refractivity contribution in [1.29, 1.82) is 0 Å². The Morgan fingerprint density at radius 1 is 0.757 bits per heavy atom. The molecule has 0 heterocycles. The van der Waals surface area contributed by atoms with E-state index in [0.717, 1.165) is 16.9 Å². The molecule has 11 heteroatoms. The van der Waals surface area contributed by atoms with Crippen molar-refractivity contribution in [3.05, 3.63) is 65.7 Å². The summed E-state index contributed by atoms with van der Waals surface area (Å²) in [7, 11) is 0. The van der Waals surface area contributed by atoms with Gasteiger partial charge in [-0.1, -0.05) is 42.5 Å². The number of primary amides is 1. The number of para-hydroxylation sites is 1. The van der Waals surface area contributed by atoms with Gasteiger partial charge in [0.2, 0.25) is 17.7 Å². The Morgan fingerprint density at radius 2 is 1.32 bits per heavy atom. The standard InChI is InChI=1S/C26H31N3O8/c27-25(35)20(11-14-23(31)32)29-26(36)21(12-15-24(33)34)28-22(30)13-10-17-6-8-18(9-7-17)16-37-19-4-2-1-3-5-19/h1-9,20-21H,10-16H2,(H2,27,35)(H,28,30)(H,29,36)(H,31,32)(H,33,34)/t20-,21?/m0/s1. The number of carbonyl (C=O) groups is 5. The van der Waals surface area contributed by atoms with Gasteiger partial charge in [-0.25, -0.2) is 0 Å². The van der Waals surface area contributed by atoms with E-state index in [1.807, 2.05) is 54.6 Å². The van der Waals surface area contributed by atoms with Crippen LogP contribution in [0.3, 0.4) is 0 Å². The average molecular weight is 514 g/mol. The van der Waals surface area contributed by atoms with Crippen LogP contribution in [0.5, 0.6) is 5.75 Å². The molecule has 2 aromatic carbocycles. The highest BCUT2D eigenvalue weighted by molar-refractivity contribution is 5.92. The third kappa shape index (κ3) is 11.2. The Bertz CT molecular complexity index is 1070. The number of carboxylic acid groups (broad SMARTS) is 2. The number of nitrogens with one attached hydrogen (secondary N) is 2. The van der Waals surface area contributed by atoms with Crippen molar-refractivity contribution in [2.75, 3.05) is 0 Å². The molecule has 0 saturated heterocycles. The number of amides is 3. The minimum Gasteiger partial charge on any atom is -0.489 e. The van der Waals surface area contributed by atoms with Gasteiger partial charge in [0, 0.05) is 19.3 Å². The summed E-state index contributed by atoms with van der Waals surface area (Å²) in [5.74, 6) is -3.81. The minimum atomic E-state index is -1.27. The van der Waals surface area contributed by atoms with Crippen molar-refractivity contribution < 1.29 is 38.9 Å². The Kier molecular flexibility index (Phi) is 11.6. The van der Waals surface area contributed by atoms with Crippen LogP contribution in [-0.4, -0.2) is 52.0 Å². The van der Waals surface area contributed by atoms with E-state index in [4.69, 9.17) is 20.7 Å². The normalized spacial score (nSPS) is 12.1. The number of carboxylic acids is 2. The fourth-order valence-electron chi connectivity index (χ4n) is 3.37. The second-order valence-electron chi connectivity index (χ2n) is 8.37. The number of aliphatic carboxylic acids is 2. The molecule has 0 saturated carbocycles. The summed E-state index contributed by atoms with van der Waals surface area (Å²) >= 11 is 0. The quantitative estimate of drug-likeness (QED) is 0.223. The van der Waals surface area contributed by atoms with Crippen LogP contribution in [0.1, 0.15) is 43.2 Å². The number of nitrogens with two attached hydrogens (primary N) is 1. The van der Waals surface area contributed by atoms with E-state index < -0.39 is 54.6 Å². The van der Waals surface area contributed by atoms with Crippen molar-refractivity contribution in [2.24, 2.45) is 5.73 Å². The highest BCUT2D eigenvalue weighted by atomic mass is 16.5. The molecule has 0 fully saturated rings. The first-order valence-electron chi connectivity index (χ1n) is 11.7. The molecule has 6 N–H and O–H groups in total. The van der Waals surface area contributed by atoms with Gasteiger partial charge in [0.25, 0.3) is 0 Å². The van der Waals surface area contributed by atoms with Crippen LogP contribution in [0.2, 0.25) is 0 Å². The number of benzene rings is 2. The molecule has 3 amide bonds. The zero-order valence-corrected chi connectivity index (χ0v) is 20.2. The monoisotopic (exact) mass is 513 g/mol. The lowest BCUT2D eigenvalue weighted by Crippen LogP contribution is -2.53. The molecule has 11 nitrogen and oxygen atoms in total. The Hall–Kier alpha value is -4.41. The molecule has 0 aliphatic heterocycles. The van der Waals surface area contributed by atoms with Crippen molar-refractivity contribution >= 4 is 29.7 Å². The second-order valence-corrected chi connectivity index (χ2v) is 8.37. The summed E-state index contributed by atoms with van der Waals surface area (Å²) in [5, 5.41) is 22.6. The largest absolute Gasteiger partial charge is 0.489 e. The molecule has 0 radical (unpaired) electrons. The number of aryl methyl sites for hydroxylation is 1. The number of ether oxygens (including phenoxy) is 1. The van der Waals surface area contributed by atoms with Crippen molar-refractivity contribution in [3.63, 3.8) is 0 Å². The van der Waals surface area contributed by atoms with E-state index in [1.54, 1.807) is 0 Å². The molecular formula is C26H31N3O8. The van der Waals surface area contributed by atoms with Gasteiger partial charge in [-0.05, 0) is 42.5 Å². The molecule has 2 rings (SSSR count). The molecule has 37 heavy (non-hydrogen) atoms. The maximum absolute atomic E-state index is 12.6. The van der Waals surface area contributed by atoms with E-state index in [0.29, 0.717) is 13.0 Å². The number of rotatable bonds is 16. The average Bonchev–Trinajstić information content (AvgIpc) is 2.87. The van der Waals surface area contributed by atoms with Crippen molar-refractivity contribution in [1.82, 2.24) is 10.6 Å². The first kappa shape index (κ1) is 28.8. The van der Waals surface area contributed by atoms with E-state index >= 15 is 0 Å². The van der Waals surface area contributed by atoms with Gasteiger partial charge < -0.3 is 31.3 Å². The van der Waals surface area contributed by atoms with Crippen LogP contribution in [0, 0.1) is 0 Å². The van der Waals surface area contributed by atoms with Crippen LogP contribution >= 0.6 is 0 Å².